The minimum absolute atomic E-state index is 0.0991. The number of carbonyl (C=O) groups excluding carboxylic acids is 1. The number of nitrogens with zero attached hydrogens (tertiary/aromatic N) is 1. The second-order valence-electron chi connectivity index (χ2n) is 6.09. The van der Waals surface area contributed by atoms with Crippen molar-refractivity contribution in [2.75, 3.05) is 30.9 Å². The lowest BCUT2D eigenvalue weighted by Crippen LogP contribution is -2.37. The zero-order chi connectivity index (χ0) is 19.8. The summed E-state index contributed by atoms with van der Waals surface area (Å²) >= 11 is 0. The number of carbonyl (C=O) groups is 1. The van der Waals surface area contributed by atoms with Gasteiger partial charge in [-0.1, -0.05) is 37.3 Å². The van der Waals surface area contributed by atoms with Crippen molar-refractivity contribution in [1.29, 1.82) is 0 Å². The van der Waals surface area contributed by atoms with Gasteiger partial charge in [-0.15, -0.1) is 0 Å². The Labute approximate surface area is 156 Å². The average Bonchev–Trinajstić information content (AvgIpc) is 2.67. The molecule has 146 valence electrons. The van der Waals surface area contributed by atoms with Crippen molar-refractivity contribution in [2.45, 2.75) is 20.0 Å². The molecule has 2 aromatic rings. The largest absolute Gasteiger partial charge is 0.383 e. The van der Waals surface area contributed by atoms with Gasteiger partial charge in [-0.05, 0) is 5.56 Å². The lowest BCUT2D eigenvalue weighted by Gasteiger charge is -2.19. The van der Waals surface area contributed by atoms with Crippen LogP contribution in [0.3, 0.4) is 0 Å². The van der Waals surface area contributed by atoms with E-state index in [1.807, 2.05) is 30.3 Å². The van der Waals surface area contributed by atoms with E-state index < -0.39 is 17.2 Å². The predicted molar refractivity (Wildman–Crippen MR) is 104 cm³/mol. The Morgan fingerprint density at radius 3 is 2.63 bits per heavy atom. The van der Waals surface area contributed by atoms with E-state index in [1.54, 1.807) is 6.92 Å². The summed E-state index contributed by atoms with van der Waals surface area (Å²) in [4.78, 5) is 39.3. The highest BCUT2D eigenvalue weighted by Crippen LogP contribution is 2.17. The number of aromatic amines is 1. The minimum atomic E-state index is -0.627. The molecule has 0 radical (unpaired) electrons. The summed E-state index contributed by atoms with van der Waals surface area (Å²) in [6.07, 6.45) is 0. The fourth-order valence-electron chi connectivity index (χ4n) is 2.39. The van der Waals surface area contributed by atoms with Crippen molar-refractivity contribution in [3.05, 3.63) is 56.7 Å². The first-order valence-corrected chi connectivity index (χ1v) is 8.62. The molecule has 1 aromatic carbocycles. The summed E-state index contributed by atoms with van der Waals surface area (Å²) in [5.41, 5.74) is 5.35. The molecule has 9 nitrogen and oxygen atoms in total. The Bertz CT molecular complexity index is 876. The van der Waals surface area contributed by atoms with Crippen LogP contribution < -0.4 is 27.6 Å². The zero-order valence-electron chi connectivity index (χ0n) is 15.5. The van der Waals surface area contributed by atoms with Gasteiger partial charge in [-0.2, -0.15) is 0 Å². The van der Waals surface area contributed by atoms with Crippen molar-refractivity contribution in [2.24, 2.45) is 11.7 Å². The first-order chi connectivity index (χ1) is 13.0. The molecule has 1 amide bonds. The average molecular weight is 375 g/mol. The van der Waals surface area contributed by atoms with Crippen LogP contribution in [0.25, 0.3) is 0 Å². The van der Waals surface area contributed by atoms with Crippen LogP contribution in [-0.4, -0.2) is 35.7 Å². The van der Waals surface area contributed by atoms with E-state index >= 15 is 0 Å². The number of methoxy groups -OCH3 is 1. The van der Waals surface area contributed by atoms with Crippen LogP contribution in [0.4, 0.5) is 11.5 Å². The molecule has 1 unspecified atom stereocenters. The van der Waals surface area contributed by atoms with Crippen LogP contribution >= 0.6 is 0 Å². The zero-order valence-corrected chi connectivity index (χ0v) is 15.5. The number of nitrogens with two attached hydrogens (primary N) is 1. The third-order valence-corrected chi connectivity index (χ3v) is 4.07. The number of H-pyrrole nitrogens is 1. The Hall–Kier alpha value is -2.91. The normalized spacial score (nSPS) is 11.8. The predicted octanol–water partition coefficient (Wildman–Crippen LogP) is 0.328. The summed E-state index contributed by atoms with van der Waals surface area (Å²) in [6.45, 7) is 2.56. The van der Waals surface area contributed by atoms with Crippen LogP contribution in [-0.2, 0) is 22.6 Å². The van der Waals surface area contributed by atoms with E-state index in [0.717, 1.165) is 5.56 Å². The first kappa shape index (κ1) is 20.4. The molecule has 27 heavy (non-hydrogen) atoms. The molecule has 0 aliphatic carbocycles. The quantitative estimate of drug-likeness (QED) is 0.499. The molecule has 9 heteroatoms. The van der Waals surface area contributed by atoms with Gasteiger partial charge in [0.1, 0.15) is 11.5 Å². The maximum Gasteiger partial charge on any atom is 0.330 e. The van der Waals surface area contributed by atoms with E-state index in [4.69, 9.17) is 10.5 Å². The molecule has 1 atom stereocenters. The van der Waals surface area contributed by atoms with Crippen molar-refractivity contribution in [1.82, 2.24) is 9.55 Å². The maximum atomic E-state index is 12.4. The van der Waals surface area contributed by atoms with Crippen LogP contribution in [0.15, 0.2) is 39.9 Å². The number of amides is 1. The molecule has 5 N–H and O–H groups in total. The van der Waals surface area contributed by atoms with E-state index in [0.29, 0.717) is 6.54 Å². The van der Waals surface area contributed by atoms with Crippen LogP contribution in [0.1, 0.15) is 12.5 Å². The number of anilines is 2. The van der Waals surface area contributed by atoms with Gasteiger partial charge in [-0.3, -0.25) is 19.1 Å². The summed E-state index contributed by atoms with van der Waals surface area (Å²) in [6, 6.07) is 9.45. The van der Waals surface area contributed by atoms with Crippen LogP contribution in [0, 0.1) is 5.92 Å². The van der Waals surface area contributed by atoms with E-state index in [-0.39, 0.29) is 37.1 Å². The Morgan fingerprint density at radius 2 is 2.00 bits per heavy atom. The second kappa shape index (κ2) is 9.70. The fourth-order valence-corrected chi connectivity index (χ4v) is 2.39. The summed E-state index contributed by atoms with van der Waals surface area (Å²) in [5, 5.41) is 5.68. The highest BCUT2D eigenvalue weighted by molar-refractivity contribution is 5.94. The molecule has 1 heterocycles. The minimum Gasteiger partial charge on any atom is -0.383 e. The SMILES string of the molecule is COCCn1c(NC(=O)C(C)CN)c(NCc2ccccc2)c(=O)[nH]c1=O. The standard InChI is InChI=1S/C18H25N5O4/c1-12(10-19)16(24)21-15-14(20-11-13-6-4-3-5-7-13)17(25)22-18(26)23(15)8-9-27-2/h3-7,12,20H,8-11,19H2,1-2H3,(H,21,24)(H,22,25,26). The lowest BCUT2D eigenvalue weighted by molar-refractivity contribution is -0.119. The highest BCUT2D eigenvalue weighted by Gasteiger charge is 2.19. The lowest BCUT2D eigenvalue weighted by atomic mass is 10.1. The number of nitrogens with one attached hydrogen (secondary N) is 3. The van der Waals surface area contributed by atoms with Crippen molar-refractivity contribution >= 4 is 17.4 Å². The summed E-state index contributed by atoms with van der Waals surface area (Å²) in [5.74, 6) is -0.754. The number of rotatable bonds is 9. The second-order valence-corrected chi connectivity index (χ2v) is 6.09. The third kappa shape index (κ3) is 5.28. The first-order valence-electron chi connectivity index (χ1n) is 8.62. The molecule has 2 rings (SSSR count). The maximum absolute atomic E-state index is 12.4. The third-order valence-electron chi connectivity index (χ3n) is 4.07. The molecule has 0 saturated carbocycles. The van der Waals surface area contributed by atoms with E-state index in [9.17, 15) is 14.4 Å². The number of aromatic nitrogens is 2. The molecule has 0 spiro atoms. The molecular formula is C18H25N5O4. The van der Waals surface area contributed by atoms with Crippen molar-refractivity contribution in [3.63, 3.8) is 0 Å². The van der Waals surface area contributed by atoms with Gasteiger partial charge in [0.15, 0.2) is 0 Å². The van der Waals surface area contributed by atoms with Gasteiger partial charge < -0.3 is 21.1 Å². The van der Waals surface area contributed by atoms with Crippen molar-refractivity contribution in [3.8, 4) is 0 Å². The van der Waals surface area contributed by atoms with E-state index in [1.165, 1.54) is 11.7 Å². The fraction of sp³-hybridized carbons (Fsp3) is 0.389. The molecule has 0 aliphatic rings. The topological polar surface area (TPSA) is 131 Å². The van der Waals surface area contributed by atoms with Gasteiger partial charge in [0.05, 0.1) is 13.2 Å². The van der Waals surface area contributed by atoms with Gasteiger partial charge in [0.2, 0.25) is 5.91 Å². The van der Waals surface area contributed by atoms with Gasteiger partial charge in [0.25, 0.3) is 5.56 Å². The van der Waals surface area contributed by atoms with E-state index in [2.05, 4.69) is 15.6 Å². The number of benzene rings is 1. The van der Waals surface area contributed by atoms with Crippen LogP contribution in [0.2, 0.25) is 0 Å². The molecule has 0 bridgehead atoms. The Morgan fingerprint density at radius 1 is 1.30 bits per heavy atom. The summed E-state index contributed by atoms with van der Waals surface area (Å²) in [7, 11) is 1.50. The molecular weight excluding hydrogens is 350 g/mol. The molecule has 0 fully saturated rings. The van der Waals surface area contributed by atoms with Crippen LogP contribution in [0.5, 0.6) is 0 Å². The number of ether oxygens (including phenoxy) is 1. The van der Waals surface area contributed by atoms with Crippen molar-refractivity contribution < 1.29 is 9.53 Å². The molecule has 0 saturated heterocycles. The Kier molecular flexibility index (Phi) is 7.33. The van der Waals surface area contributed by atoms with Gasteiger partial charge >= 0.3 is 5.69 Å². The van der Waals surface area contributed by atoms with Gasteiger partial charge in [0, 0.05) is 26.1 Å². The number of hydrogen-bond donors (Lipinski definition) is 4. The number of hydrogen-bond acceptors (Lipinski definition) is 6. The summed E-state index contributed by atoms with van der Waals surface area (Å²) < 4.78 is 6.29. The smallest absolute Gasteiger partial charge is 0.330 e. The Balaban J connectivity index is 2.43. The monoisotopic (exact) mass is 375 g/mol. The molecule has 0 aliphatic heterocycles. The highest BCUT2D eigenvalue weighted by atomic mass is 16.5. The van der Waals surface area contributed by atoms with Gasteiger partial charge in [-0.25, -0.2) is 4.79 Å². The molecule has 1 aromatic heterocycles.